The van der Waals surface area contributed by atoms with Gasteiger partial charge in [0.15, 0.2) is 0 Å². The Morgan fingerprint density at radius 3 is 1.63 bits per heavy atom. The number of hydrogen-bond acceptors (Lipinski definition) is 0. The van der Waals surface area contributed by atoms with Gasteiger partial charge in [0.05, 0.1) is 10.1 Å². The molecule has 2 heteroatoms. The Hall–Kier alpha value is -3.06. The first-order chi connectivity index (χ1) is 14.7. The molecule has 0 saturated heterocycles. The van der Waals surface area contributed by atoms with Gasteiger partial charge in [-0.05, 0) is 44.8 Å². The average molecular weight is 425 g/mol. The smallest absolute Gasteiger partial charge is 0.0563 e. The molecule has 5 rings (SSSR count). The fourth-order valence-electron chi connectivity index (χ4n) is 3.90. The normalized spacial score (nSPS) is 13.4. The molecule has 0 amide bonds. The Morgan fingerprint density at radius 2 is 1.00 bits per heavy atom. The van der Waals surface area contributed by atoms with Gasteiger partial charge in [-0.3, -0.25) is 0 Å². The third-order valence-electron chi connectivity index (χ3n) is 5.40. The molecule has 0 aliphatic carbocycles. The van der Waals surface area contributed by atoms with Crippen LogP contribution < -0.4 is 10.4 Å². The second kappa shape index (κ2) is 7.99. The predicted octanol–water partition coefficient (Wildman–Crippen LogP) is 6.78. The Kier molecular flexibility index (Phi) is 5.04. The fraction of sp³-hybridized carbons (Fsp3) is 0. The van der Waals surface area contributed by atoms with Crippen LogP contribution in [0.5, 0.6) is 0 Å². The van der Waals surface area contributed by atoms with Crippen LogP contribution in [0.3, 0.4) is 0 Å². The highest BCUT2D eigenvalue weighted by Gasteiger charge is 2.09. The Bertz CT molecular complexity index is 1480. The molecule has 0 bridgehead atoms. The molecule has 0 spiro atoms. The van der Waals surface area contributed by atoms with Crippen molar-refractivity contribution < 1.29 is 0 Å². The predicted molar refractivity (Wildman–Crippen MR) is 130 cm³/mol. The van der Waals surface area contributed by atoms with Crippen LogP contribution >= 0.6 is 23.2 Å². The van der Waals surface area contributed by atoms with Gasteiger partial charge in [-0.15, -0.1) is 0 Å². The van der Waals surface area contributed by atoms with Crippen molar-refractivity contribution in [2.45, 2.75) is 0 Å². The van der Waals surface area contributed by atoms with Gasteiger partial charge in [-0.2, -0.15) is 0 Å². The highest BCUT2D eigenvalue weighted by molar-refractivity contribution is 6.50. The van der Waals surface area contributed by atoms with Crippen molar-refractivity contribution in [1.29, 1.82) is 0 Å². The summed E-state index contributed by atoms with van der Waals surface area (Å²) in [5.74, 6) is 0. The van der Waals surface area contributed by atoms with Gasteiger partial charge in [0.1, 0.15) is 0 Å². The van der Waals surface area contributed by atoms with E-state index < -0.39 is 0 Å². The van der Waals surface area contributed by atoms with E-state index >= 15 is 0 Å². The summed E-state index contributed by atoms with van der Waals surface area (Å²) < 4.78 is 0. The quantitative estimate of drug-likeness (QED) is 0.274. The number of halogens is 2. The molecule has 5 aromatic rings. The zero-order valence-corrected chi connectivity index (χ0v) is 17.7. The van der Waals surface area contributed by atoms with Crippen LogP contribution in [-0.2, 0) is 0 Å². The first kappa shape index (κ1) is 18.9. The lowest BCUT2D eigenvalue weighted by atomic mass is 9.99. The number of hydrogen-bond donors (Lipinski definition) is 0. The van der Waals surface area contributed by atoms with Gasteiger partial charge >= 0.3 is 0 Å². The first-order valence-electron chi connectivity index (χ1n) is 9.84. The lowest BCUT2D eigenvalue weighted by Crippen LogP contribution is -2.29. The van der Waals surface area contributed by atoms with Crippen LogP contribution in [0.25, 0.3) is 31.6 Å². The van der Waals surface area contributed by atoms with Crippen molar-refractivity contribution in [3.05, 3.63) is 131 Å². The second-order valence-electron chi connectivity index (χ2n) is 7.27. The first-order valence-corrected chi connectivity index (χ1v) is 10.6. The van der Waals surface area contributed by atoms with Crippen LogP contribution in [0, 0.1) is 0 Å². The van der Waals surface area contributed by atoms with E-state index in [2.05, 4.69) is 48.5 Å². The monoisotopic (exact) mass is 424 g/mol. The topological polar surface area (TPSA) is 0 Å². The third-order valence-corrected chi connectivity index (χ3v) is 6.23. The van der Waals surface area contributed by atoms with Crippen LogP contribution in [-0.4, -0.2) is 0 Å². The van der Waals surface area contributed by atoms with Crippen molar-refractivity contribution in [2.75, 3.05) is 0 Å². The molecule has 0 saturated carbocycles. The minimum absolute atomic E-state index is 0.690. The van der Waals surface area contributed by atoms with E-state index in [0.29, 0.717) is 10.1 Å². The largest absolute Gasteiger partial charge is 0.0830 e. The van der Waals surface area contributed by atoms with E-state index in [9.17, 15) is 0 Å². The zero-order valence-electron chi connectivity index (χ0n) is 16.1. The summed E-state index contributed by atoms with van der Waals surface area (Å²) in [5.41, 5.74) is 1.94. The molecular weight excluding hydrogens is 407 g/mol. The van der Waals surface area contributed by atoms with Crippen molar-refractivity contribution in [3.8, 4) is 0 Å². The summed E-state index contributed by atoms with van der Waals surface area (Å²) in [7, 11) is 0. The van der Waals surface area contributed by atoms with E-state index in [-0.39, 0.29) is 0 Å². The summed E-state index contributed by atoms with van der Waals surface area (Å²) >= 11 is 14.0. The maximum atomic E-state index is 7.04. The molecule has 30 heavy (non-hydrogen) atoms. The van der Waals surface area contributed by atoms with Crippen molar-refractivity contribution in [2.24, 2.45) is 0 Å². The third kappa shape index (κ3) is 3.39. The molecule has 0 N–H and O–H groups in total. The molecule has 5 aromatic carbocycles. The molecule has 0 nitrogen and oxygen atoms in total. The number of benzene rings is 5. The van der Waals surface area contributed by atoms with Crippen LogP contribution in [0.15, 0.2) is 109 Å². The van der Waals surface area contributed by atoms with Crippen LogP contribution in [0.4, 0.5) is 0 Å². The van der Waals surface area contributed by atoms with Crippen LogP contribution in [0.2, 0.25) is 0 Å². The molecular formula is C28H18Cl2. The van der Waals surface area contributed by atoms with E-state index in [1.54, 1.807) is 0 Å². The van der Waals surface area contributed by atoms with E-state index in [4.69, 9.17) is 23.2 Å². The second-order valence-corrected chi connectivity index (χ2v) is 8.02. The lowest BCUT2D eigenvalue weighted by molar-refractivity contribution is 1.52. The highest BCUT2D eigenvalue weighted by atomic mass is 35.5. The van der Waals surface area contributed by atoms with Crippen molar-refractivity contribution in [1.82, 2.24) is 0 Å². The van der Waals surface area contributed by atoms with Gasteiger partial charge in [0, 0.05) is 10.4 Å². The lowest BCUT2D eigenvalue weighted by Gasteiger charge is -2.09. The number of fused-ring (bicyclic) bond motifs is 2. The van der Waals surface area contributed by atoms with Crippen molar-refractivity contribution in [3.63, 3.8) is 0 Å². The maximum absolute atomic E-state index is 7.04. The summed E-state index contributed by atoms with van der Waals surface area (Å²) in [6.45, 7) is 0. The molecule has 0 aromatic heterocycles. The molecule has 0 heterocycles. The molecule has 0 unspecified atom stereocenters. The fourth-order valence-corrected chi connectivity index (χ4v) is 4.52. The van der Waals surface area contributed by atoms with Gasteiger partial charge < -0.3 is 0 Å². The minimum Gasteiger partial charge on any atom is -0.0830 e. The van der Waals surface area contributed by atoms with Crippen LogP contribution in [0.1, 0.15) is 11.1 Å². The SMILES string of the molecule is ClC(c1ccccc1)=c1ccc2cc3ccccc3cc2c1=C(Cl)c1ccccc1. The summed E-state index contributed by atoms with van der Waals surface area (Å²) in [6, 6.07) is 37.1. The average Bonchev–Trinajstić information content (AvgIpc) is 2.82. The highest BCUT2D eigenvalue weighted by Crippen LogP contribution is 2.23. The van der Waals surface area contributed by atoms with Gasteiger partial charge in [-0.25, -0.2) is 0 Å². The van der Waals surface area contributed by atoms with Crippen molar-refractivity contribution >= 4 is 54.8 Å². The number of rotatable bonds is 2. The summed E-state index contributed by atoms with van der Waals surface area (Å²) in [5, 5.41) is 7.89. The van der Waals surface area contributed by atoms with Gasteiger partial charge in [0.2, 0.25) is 0 Å². The Balaban J connectivity index is 2.00. The zero-order chi connectivity index (χ0) is 20.5. The molecule has 0 fully saturated rings. The summed E-state index contributed by atoms with van der Waals surface area (Å²) in [6.07, 6.45) is 0. The van der Waals surface area contributed by atoms with E-state index in [1.165, 1.54) is 10.8 Å². The molecule has 0 radical (unpaired) electrons. The Morgan fingerprint density at radius 1 is 0.467 bits per heavy atom. The van der Waals surface area contributed by atoms with Gasteiger partial charge in [-0.1, -0.05) is 120 Å². The maximum Gasteiger partial charge on any atom is 0.0563 e. The Labute approximate surface area is 185 Å². The molecule has 144 valence electrons. The van der Waals surface area contributed by atoms with Gasteiger partial charge in [0.25, 0.3) is 0 Å². The van der Waals surface area contributed by atoms with E-state index in [1.807, 2.05) is 60.7 Å². The minimum atomic E-state index is 0.690. The van der Waals surface area contributed by atoms with E-state index in [0.717, 1.165) is 32.3 Å². The molecule has 0 aliphatic heterocycles. The molecule has 0 atom stereocenters. The summed E-state index contributed by atoms with van der Waals surface area (Å²) in [4.78, 5) is 0. The molecule has 0 aliphatic rings. The standard InChI is InChI=1S/C28H18Cl2/c29-27(19-9-3-1-4-10-19)24-16-15-23-17-21-13-7-8-14-22(21)18-25(23)26(24)28(30)20-11-5-2-6-12-20/h1-18H.